The van der Waals surface area contributed by atoms with Crippen LogP contribution in [0.4, 0.5) is 0 Å². The lowest BCUT2D eigenvalue weighted by Gasteiger charge is -2.16. The van der Waals surface area contributed by atoms with E-state index in [9.17, 15) is 10.2 Å². The topological polar surface area (TPSA) is 43.7 Å². The Morgan fingerprint density at radius 1 is 1.36 bits per heavy atom. The molecule has 1 unspecified atom stereocenters. The van der Waals surface area contributed by atoms with Crippen LogP contribution in [0.3, 0.4) is 0 Å². The number of halogens is 1. The van der Waals surface area contributed by atoms with Gasteiger partial charge in [-0.15, -0.1) is 12.4 Å². The smallest absolute Gasteiger partial charge is 0.115 e. The highest BCUT2D eigenvalue weighted by molar-refractivity contribution is 5.85. The molecular formula is C10H16ClNO2. The van der Waals surface area contributed by atoms with Crippen molar-refractivity contribution in [3.63, 3.8) is 0 Å². The molecule has 0 aliphatic rings. The molecule has 0 aliphatic carbocycles. The molecule has 1 atom stereocenters. The number of aromatic hydroxyl groups is 1. The first-order valence-electron chi connectivity index (χ1n) is 4.21. The number of hydrogen-bond donors (Lipinski definition) is 2. The zero-order valence-electron chi connectivity index (χ0n) is 8.34. The van der Waals surface area contributed by atoms with E-state index in [-0.39, 0.29) is 18.2 Å². The van der Waals surface area contributed by atoms with Gasteiger partial charge in [0.1, 0.15) is 5.75 Å². The largest absolute Gasteiger partial charge is 0.508 e. The molecule has 0 fully saturated rings. The normalized spacial score (nSPS) is 12.3. The Balaban J connectivity index is 0.00000169. The van der Waals surface area contributed by atoms with Crippen LogP contribution < -0.4 is 0 Å². The predicted molar refractivity (Wildman–Crippen MR) is 58.9 cm³/mol. The third kappa shape index (κ3) is 3.96. The van der Waals surface area contributed by atoms with Crippen molar-refractivity contribution in [2.24, 2.45) is 0 Å². The van der Waals surface area contributed by atoms with E-state index in [4.69, 9.17) is 0 Å². The first kappa shape index (κ1) is 13.2. The van der Waals surface area contributed by atoms with Gasteiger partial charge in [0.05, 0.1) is 6.10 Å². The summed E-state index contributed by atoms with van der Waals surface area (Å²) in [5, 5.41) is 18.8. The van der Waals surface area contributed by atoms with Crippen LogP contribution in [0.15, 0.2) is 24.3 Å². The number of phenols is 1. The number of benzene rings is 1. The van der Waals surface area contributed by atoms with Crippen molar-refractivity contribution in [3.05, 3.63) is 29.8 Å². The predicted octanol–water partition coefficient (Wildman–Crippen LogP) is 1.41. The van der Waals surface area contributed by atoms with Crippen LogP contribution in [-0.2, 0) is 0 Å². The zero-order valence-corrected chi connectivity index (χ0v) is 9.16. The molecule has 1 aromatic rings. The fourth-order valence-electron chi connectivity index (χ4n) is 1.18. The Labute approximate surface area is 90.4 Å². The van der Waals surface area contributed by atoms with Gasteiger partial charge in [-0.1, -0.05) is 12.1 Å². The standard InChI is InChI=1S/C10H15NO2.ClH/c1-11(2)7-10(13)8-4-3-5-9(12)6-8;/h3-6,10,12-13H,7H2,1-2H3;1H. The van der Waals surface area contributed by atoms with Crippen molar-refractivity contribution >= 4 is 12.4 Å². The van der Waals surface area contributed by atoms with Crippen molar-refractivity contribution in [1.82, 2.24) is 4.90 Å². The maximum absolute atomic E-state index is 9.66. The molecule has 0 saturated carbocycles. The summed E-state index contributed by atoms with van der Waals surface area (Å²) in [6.45, 7) is 0.559. The van der Waals surface area contributed by atoms with E-state index in [0.717, 1.165) is 5.56 Å². The van der Waals surface area contributed by atoms with E-state index in [0.29, 0.717) is 6.54 Å². The van der Waals surface area contributed by atoms with E-state index in [1.54, 1.807) is 24.3 Å². The van der Waals surface area contributed by atoms with Gasteiger partial charge in [0.25, 0.3) is 0 Å². The van der Waals surface area contributed by atoms with Gasteiger partial charge >= 0.3 is 0 Å². The first-order valence-corrected chi connectivity index (χ1v) is 4.21. The Morgan fingerprint density at radius 2 is 2.00 bits per heavy atom. The molecule has 3 nitrogen and oxygen atoms in total. The molecule has 4 heteroatoms. The highest BCUT2D eigenvalue weighted by Gasteiger charge is 2.08. The minimum Gasteiger partial charge on any atom is -0.508 e. The average molecular weight is 218 g/mol. The molecule has 0 spiro atoms. The third-order valence-electron chi connectivity index (χ3n) is 1.79. The quantitative estimate of drug-likeness (QED) is 0.805. The van der Waals surface area contributed by atoms with Crippen LogP contribution in [-0.4, -0.2) is 35.8 Å². The summed E-state index contributed by atoms with van der Waals surface area (Å²) in [5.74, 6) is 0.190. The van der Waals surface area contributed by atoms with Crippen LogP contribution in [0.5, 0.6) is 5.75 Å². The second-order valence-corrected chi connectivity index (χ2v) is 3.37. The average Bonchev–Trinajstić information content (AvgIpc) is 2.03. The van der Waals surface area contributed by atoms with Crippen LogP contribution in [0, 0.1) is 0 Å². The summed E-state index contributed by atoms with van der Waals surface area (Å²) < 4.78 is 0. The Hall–Kier alpha value is -0.770. The Bertz CT molecular complexity index is 279. The van der Waals surface area contributed by atoms with Crippen molar-refractivity contribution in [2.45, 2.75) is 6.10 Å². The van der Waals surface area contributed by atoms with Crippen LogP contribution >= 0.6 is 12.4 Å². The monoisotopic (exact) mass is 217 g/mol. The number of rotatable bonds is 3. The summed E-state index contributed by atoms with van der Waals surface area (Å²) >= 11 is 0. The summed E-state index contributed by atoms with van der Waals surface area (Å²) in [4.78, 5) is 1.90. The number of aliphatic hydroxyl groups excluding tert-OH is 1. The minimum atomic E-state index is -0.540. The Morgan fingerprint density at radius 3 is 2.50 bits per heavy atom. The minimum absolute atomic E-state index is 0. The number of nitrogens with zero attached hydrogens (tertiary/aromatic N) is 1. The molecule has 1 aromatic carbocycles. The second kappa shape index (κ2) is 5.86. The third-order valence-corrected chi connectivity index (χ3v) is 1.79. The SMILES string of the molecule is CN(C)CC(O)c1cccc(O)c1.Cl. The van der Waals surface area contributed by atoms with Crippen LogP contribution in [0.1, 0.15) is 11.7 Å². The van der Waals surface area contributed by atoms with E-state index in [1.165, 1.54) is 0 Å². The van der Waals surface area contributed by atoms with Gasteiger partial charge < -0.3 is 15.1 Å². The van der Waals surface area contributed by atoms with Gasteiger partial charge in [-0.05, 0) is 31.8 Å². The van der Waals surface area contributed by atoms with Gasteiger partial charge in [0, 0.05) is 6.54 Å². The van der Waals surface area contributed by atoms with Crippen LogP contribution in [0.25, 0.3) is 0 Å². The molecular weight excluding hydrogens is 202 g/mol. The summed E-state index contributed by atoms with van der Waals surface area (Å²) in [7, 11) is 3.79. The lowest BCUT2D eigenvalue weighted by Crippen LogP contribution is -2.19. The summed E-state index contributed by atoms with van der Waals surface area (Å²) in [5.41, 5.74) is 0.744. The lowest BCUT2D eigenvalue weighted by atomic mass is 10.1. The van der Waals surface area contributed by atoms with Gasteiger partial charge in [-0.25, -0.2) is 0 Å². The number of likely N-dealkylation sites (N-methyl/N-ethyl adjacent to an activating group) is 1. The molecule has 0 aromatic heterocycles. The van der Waals surface area contributed by atoms with E-state index in [2.05, 4.69) is 0 Å². The first-order chi connectivity index (χ1) is 6.09. The van der Waals surface area contributed by atoms with Gasteiger partial charge in [-0.3, -0.25) is 0 Å². The molecule has 0 amide bonds. The summed E-state index contributed by atoms with van der Waals surface area (Å²) in [6, 6.07) is 6.69. The highest BCUT2D eigenvalue weighted by atomic mass is 35.5. The van der Waals surface area contributed by atoms with E-state index in [1.807, 2.05) is 19.0 Å². The van der Waals surface area contributed by atoms with Gasteiger partial charge in [0.15, 0.2) is 0 Å². The molecule has 0 bridgehead atoms. The highest BCUT2D eigenvalue weighted by Crippen LogP contribution is 2.18. The molecule has 2 N–H and O–H groups in total. The molecule has 1 rings (SSSR count). The van der Waals surface area contributed by atoms with Crippen molar-refractivity contribution in [2.75, 3.05) is 20.6 Å². The number of phenolic OH excluding ortho intramolecular Hbond substituents is 1. The summed E-state index contributed by atoms with van der Waals surface area (Å²) in [6.07, 6.45) is -0.540. The second-order valence-electron chi connectivity index (χ2n) is 3.37. The fraction of sp³-hybridized carbons (Fsp3) is 0.400. The Kier molecular flexibility index (Phi) is 5.53. The molecule has 14 heavy (non-hydrogen) atoms. The lowest BCUT2D eigenvalue weighted by molar-refractivity contribution is 0.138. The molecule has 0 aliphatic heterocycles. The van der Waals surface area contributed by atoms with E-state index < -0.39 is 6.10 Å². The maximum Gasteiger partial charge on any atom is 0.115 e. The fourth-order valence-corrected chi connectivity index (χ4v) is 1.18. The number of aliphatic hydroxyl groups is 1. The maximum atomic E-state index is 9.66. The molecule has 0 saturated heterocycles. The van der Waals surface area contributed by atoms with Crippen molar-refractivity contribution in [1.29, 1.82) is 0 Å². The van der Waals surface area contributed by atoms with Crippen molar-refractivity contribution < 1.29 is 10.2 Å². The zero-order chi connectivity index (χ0) is 9.84. The van der Waals surface area contributed by atoms with E-state index >= 15 is 0 Å². The molecule has 80 valence electrons. The van der Waals surface area contributed by atoms with Gasteiger partial charge in [0.2, 0.25) is 0 Å². The van der Waals surface area contributed by atoms with Crippen molar-refractivity contribution in [3.8, 4) is 5.75 Å². The molecule has 0 heterocycles. The van der Waals surface area contributed by atoms with Crippen LogP contribution in [0.2, 0.25) is 0 Å². The molecule has 0 radical (unpaired) electrons. The van der Waals surface area contributed by atoms with Gasteiger partial charge in [-0.2, -0.15) is 0 Å². The number of hydrogen-bond acceptors (Lipinski definition) is 3.